The summed E-state index contributed by atoms with van der Waals surface area (Å²) in [4.78, 5) is 23.3. The third-order valence-electron chi connectivity index (χ3n) is 2.52. The van der Waals surface area contributed by atoms with E-state index in [1.165, 1.54) is 31.9 Å². The standard InChI is InChI=1S/C9H14BrN3O4S/c1-11-4-7(8(14)13(3)9(11)15)5-12(2)18(16,17)6-10/h4H,5-6H2,1-3H3. The molecule has 0 fully saturated rings. The number of sulfonamides is 1. The molecule has 0 bridgehead atoms. The molecule has 1 heterocycles. The van der Waals surface area contributed by atoms with Gasteiger partial charge in [0.15, 0.2) is 0 Å². The van der Waals surface area contributed by atoms with E-state index in [-0.39, 0.29) is 16.8 Å². The monoisotopic (exact) mass is 339 g/mol. The second kappa shape index (κ2) is 5.37. The van der Waals surface area contributed by atoms with E-state index in [0.29, 0.717) is 0 Å². The molecule has 0 aliphatic heterocycles. The van der Waals surface area contributed by atoms with Crippen molar-refractivity contribution in [2.24, 2.45) is 14.1 Å². The van der Waals surface area contributed by atoms with Crippen LogP contribution in [0.25, 0.3) is 0 Å². The Hall–Kier alpha value is -0.930. The Bertz CT molecular complexity index is 661. The van der Waals surface area contributed by atoms with Crippen LogP contribution in [0, 0.1) is 0 Å². The van der Waals surface area contributed by atoms with Gasteiger partial charge < -0.3 is 4.57 Å². The molecule has 0 amide bonds. The minimum Gasteiger partial charge on any atom is -0.303 e. The van der Waals surface area contributed by atoms with Crippen molar-refractivity contribution in [2.75, 3.05) is 11.7 Å². The normalized spacial score (nSPS) is 12.1. The number of aromatic nitrogens is 2. The Morgan fingerprint density at radius 1 is 1.33 bits per heavy atom. The fourth-order valence-electron chi connectivity index (χ4n) is 1.41. The van der Waals surface area contributed by atoms with E-state index < -0.39 is 21.3 Å². The Morgan fingerprint density at radius 3 is 2.39 bits per heavy atom. The molecule has 0 atom stereocenters. The average Bonchev–Trinajstić information content (AvgIpc) is 2.33. The van der Waals surface area contributed by atoms with Gasteiger partial charge in [0, 0.05) is 39.4 Å². The fraction of sp³-hybridized carbons (Fsp3) is 0.556. The molecule has 1 aromatic heterocycles. The summed E-state index contributed by atoms with van der Waals surface area (Å²) in [5.74, 6) is 0. The second-order valence-corrected chi connectivity index (χ2v) is 7.27. The van der Waals surface area contributed by atoms with Crippen LogP contribution in [0.2, 0.25) is 0 Å². The minimum atomic E-state index is -3.43. The highest BCUT2D eigenvalue weighted by Gasteiger charge is 2.18. The second-order valence-electron chi connectivity index (χ2n) is 3.89. The van der Waals surface area contributed by atoms with Crippen molar-refractivity contribution >= 4 is 26.0 Å². The highest BCUT2D eigenvalue weighted by molar-refractivity contribution is 9.10. The molecule has 0 unspecified atom stereocenters. The molecule has 1 rings (SSSR count). The van der Waals surface area contributed by atoms with E-state index in [0.717, 1.165) is 8.87 Å². The third-order valence-corrected chi connectivity index (χ3v) is 5.61. The number of alkyl halides is 1. The molecule has 0 spiro atoms. The lowest BCUT2D eigenvalue weighted by Crippen LogP contribution is -2.40. The summed E-state index contributed by atoms with van der Waals surface area (Å²) >= 11 is 2.88. The number of hydrogen-bond donors (Lipinski definition) is 0. The van der Waals surface area contributed by atoms with Crippen molar-refractivity contribution in [3.05, 3.63) is 32.6 Å². The van der Waals surface area contributed by atoms with E-state index in [1.807, 2.05) is 0 Å². The lowest BCUT2D eigenvalue weighted by Gasteiger charge is -2.15. The maximum atomic E-state index is 11.8. The molecule has 7 nitrogen and oxygen atoms in total. The van der Waals surface area contributed by atoms with Crippen LogP contribution in [0.1, 0.15) is 5.56 Å². The van der Waals surface area contributed by atoms with Gasteiger partial charge >= 0.3 is 5.69 Å². The molecule has 1 aromatic rings. The van der Waals surface area contributed by atoms with Crippen molar-refractivity contribution in [3.8, 4) is 0 Å². The fourth-order valence-corrected chi connectivity index (χ4v) is 2.96. The van der Waals surface area contributed by atoms with E-state index in [2.05, 4.69) is 15.9 Å². The van der Waals surface area contributed by atoms with E-state index in [9.17, 15) is 18.0 Å². The summed E-state index contributed by atoms with van der Waals surface area (Å²) in [7, 11) is 0.800. The van der Waals surface area contributed by atoms with Gasteiger partial charge in [0.1, 0.15) is 4.66 Å². The predicted molar refractivity (Wildman–Crippen MR) is 71.1 cm³/mol. The number of aryl methyl sites for hydroxylation is 1. The summed E-state index contributed by atoms with van der Waals surface area (Å²) in [6, 6.07) is 0. The van der Waals surface area contributed by atoms with Gasteiger partial charge in [-0.2, -0.15) is 4.31 Å². The molecule has 0 radical (unpaired) electrons. The van der Waals surface area contributed by atoms with E-state index >= 15 is 0 Å². The average molecular weight is 340 g/mol. The van der Waals surface area contributed by atoms with Crippen LogP contribution in [-0.2, 0) is 30.7 Å². The van der Waals surface area contributed by atoms with Crippen molar-refractivity contribution in [1.29, 1.82) is 0 Å². The Balaban J connectivity index is 3.23. The molecule has 102 valence electrons. The zero-order valence-corrected chi connectivity index (χ0v) is 12.7. The van der Waals surface area contributed by atoms with Crippen LogP contribution >= 0.6 is 15.9 Å². The first kappa shape index (κ1) is 15.1. The van der Waals surface area contributed by atoms with Crippen LogP contribution in [0.3, 0.4) is 0 Å². The van der Waals surface area contributed by atoms with Crippen molar-refractivity contribution in [1.82, 2.24) is 13.4 Å². The summed E-state index contributed by atoms with van der Waals surface area (Å²) in [6.45, 7) is -0.0747. The zero-order valence-electron chi connectivity index (χ0n) is 10.3. The summed E-state index contributed by atoms with van der Waals surface area (Å²) in [5, 5.41) is 0. The molecule has 0 saturated carbocycles. The Morgan fingerprint density at radius 2 is 1.89 bits per heavy atom. The topological polar surface area (TPSA) is 81.4 Å². The van der Waals surface area contributed by atoms with E-state index in [1.54, 1.807) is 0 Å². The first-order valence-electron chi connectivity index (χ1n) is 4.96. The van der Waals surface area contributed by atoms with E-state index in [4.69, 9.17) is 0 Å². The van der Waals surface area contributed by atoms with Crippen LogP contribution in [0.4, 0.5) is 0 Å². The predicted octanol–water partition coefficient (Wildman–Crippen LogP) is -0.802. The lowest BCUT2D eigenvalue weighted by atomic mass is 10.3. The minimum absolute atomic E-state index is 0.0747. The summed E-state index contributed by atoms with van der Waals surface area (Å²) in [5.41, 5.74) is -0.698. The van der Waals surface area contributed by atoms with Gasteiger partial charge in [0.2, 0.25) is 10.0 Å². The molecule has 9 heteroatoms. The third kappa shape index (κ3) is 2.90. The Kier molecular flexibility index (Phi) is 4.51. The maximum Gasteiger partial charge on any atom is 0.330 e. The van der Waals surface area contributed by atoms with Crippen LogP contribution in [0.15, 0.2) is 15.8 Å². The first-order chi connectivity index (χ1) is 8.20. The molecule has 0 aliphatic rings. The summed E-state index contributed by atoms with van der Waals surface area (Å²) < 4.78 is 26.1. The number of rotatable bonds is 4. The van der Waals surface area contributed by atoms with Crippen molar-refractivity contribution in [3.63, 3.8) is 0 Å². The molecule has 0 aliphatic carbocycles. The number of halogens is 1. The molecular formula is C9H14BrN3O4S. The van der Waals surface area contributed by atoms with Gasteiger partial charge in [-0.05, 0) is 0 Å². The van der Waals surface area contributed by atoms with Crippen molar-refractivity contribution in [2.45, 2.75) is 6.54 Å². The first-order valence-corrected chi connectivity index (χ1v) is 7.69. The maximum absolute atomic E-state index is 11.8. The zero-order chi connectivity index (χ0) is 14.1. The van der Waals surface area contributed by atoms with Crippen molar-refractivity contribution < 1.29 is 8.42 Å². The van der Waals surface area contributed by atoms with Gasteiger partial charge in [-0.25, -0.2) is 13.2 Å². The number of hydrogen-bond acceptors (Lipinski definition) is 4. The van der Waals surface area contributed by atoms with Gasteiger partial charge in [0.25, 0.3) is 5.56 Å². The lowest BCUT2D eigenvalue weighted by molar-refractivity contribution is 0.464. The molecule has 18 heavy (non-hydrogen) atoms. The van der Waals surface area contributed by atoms with Crippen LogP contribution in [0.5, 0.6) is 0 Å². The Labute approximate surface area is 113 Å². The highest BCUT2D eigenvalue weighted by atomic mass is 79.9. The van der Waals surface area contributed by atoms with Gasteiger partial charge in [-0.3, -0.25) is 9.36 Å². The highest BCUT2D eigenvalue weighted by Crippen LogP contribution is 2.05. The molecule has 0 saturated heterocycles. The van der Waals surface area contributed by atoms with Gasteiger partial charge in [-0.1, -0.05) is 15.9 Å². The van der Waals surface area contributed by atoms with Gasteiger partial charge in [0.05, 0.1) is 0 Å². The quantitative estimate of drug-likeness (QED) is 0.672. The number of nitrogens with zero attached hydrogens (tertiary/aromatic N) is 3. The smallest absolute Gasteiger partial charge is 0.303 e. The van der Waals surface area contributed by atoms with Gasteiger partial charge in [-0.15, -0.1) is 0 Å². The molecule has 0 aromatic carbocycles. The summed E-state index contributed by atoms with van der Waals surface area (Å²) in [6.07, 6.45) is 1.35. The van der Waals surface area contributed by atoms with Crippen LogP contribution in [-0.4, -0.2) is 33.6 Å². The van der Waals surface area contributed by atoms with Crippen LogP contribution < -0.4 is 11.2 Å². The largest absolute Gasteiger partial charge is 0.330 e. The molecule has 0 N–H and O–H groups in total. The molecular weight excluding hydrogens is 326 g/mol. The SMILES string of the molecule is CN(Cc1cn(C)c(=O)n(C)c1=O)S(=O)(=O)CBr.